The summed E-state index contributed by atoms with van der Waals surface area (Å²) in [5.41, 5.74) is 9.98. The molecule has 176 valence electrons. The molecule has 0 bridgehead atoms. The molecule has 2 aromatic rings. The van der Waals surface area contributed by atoms with E-state index in [0.29, 0.717) is 13.1 Å². The average Bonchev–Trinajstić information content (AvgIpc) is 3.48. The number of aliphatic hydroxyl groups excluding tert-OH is 1. The van der Waals surface area contributed by atoms with E-state index in [9.17, 15) is 14.3 Å². The van der Waals surface area contributed by atoms with Crippen LogP contribution in [0.15, 0.2) is 89.3 Å². The van der Waals surface area contributed by atoms with Crippen molar-refractivity contribution in [1.82, 2.24) is 10.3 Å². The lowest BCUT2D eigenvalue weighted by atomic mass is 9.80. The van der Waals surface area contributed by atoms with E-state index in [0.717, 1.165) is 36.2 Å². The van der Waals surface area contributed by atoms with Crippen LogP contribution in [0.1, 0.15) is 25.3 Å². The van der Waals surface area contributed by atoms with E-state index in [1.165, 1.54) is 28.8 Å². The first-order chi connectivity index (χ1) is 16.6. The second kappa shape index (κ2) is 9.47. The van der Waals surface area contributed by atoms with Crippen molar-refractivity contribution in [1.29, 1.82) is 0 Å². The zero-order valence-corrected chi connectivity index (χ0v) is 19.4. The van der Waals surface area contributed by atoms with Gasteiger partial charge in [0.15, 0.2) is 0 Å². The number of benzene rings is 2. The standard InChI is InChI=1S/C28H30FN3O2/c1-19-25-18-30-32(23-10-8-22(29)9-11-23)26(25)17-21-7-12-24(27(19)21)28(34)31(15-16-33)14-13-20-5-3-2-4-6-20/h2-6,8-11,17-19,24,30,33H,7,12-16H2,1H3/t19-,24-/m0/s1. The topological polar surface area (TPSA) is 55.8 Å². The zero-order chi connectivity index (χ0) is 23.7. The Bertz CT molecular complexity index is 1150. The fraction of sp³-hybridized carbons (Fsp3) is 0.321. The third-order valence-electron chi connectivity index (χ3n) is 7.16. The molecule has 6 heteroatoms. The second-order valence-corrected chi connectivity index (χ2v) is 9.15. The molecule has 1 aliphatic heterocycles. The van der Waals surface area contributed by atoms with Gasteiger partial charge in [-0.2, -0.15) is 0 Å². The highest BCUT2D eigenvalue weighted by molar-refractivity contribution is 5.84. The van der Waals surface area contributed by atoms with E-state index in [1.807, 2.05) is 34.3 Å². The van der Waals surface area contributed by atoms with Crippen LogP contribution in [-0.2, 0) is 11.2 Å². The molecule has 0 saturated carbocycles. The maximum Gasteiger partial charge on any atom is 0.229 e. The summed E-state index contributed by atoms with van der Waals surface area (Å²) in [6.45, 7) is 3.07. The molecule has 0 saturated heterocycles. The lowest BCUT2D eigenvalue weighted by molar-refractivity contribution is -0.135. The fourth-order valence-corrected chi connectivity index (χ4v) is 5.44. The van der Waals surface area contributed by atoms with Crippen LogP contribution in [0, 0.1) is 17.7 Å². The molecule has 2 aromatic carbocycles. The predicted molar refractivity (Wildman–Crippen MR) is 131 cm³/mol. The number of hydrazine groups is 1. The van der Waals surface area contributed by atoms with E-state index in [4.69, 9.17) is 0 Å². The number of nitrogens with one attached hydrogen (secondary N) is 1. The normalized spacial score (nSPS) is 21.0. The third-order valence-corrected chi connectivity index (χ3v) is 7.16. The van der Waals surface area contributed by atoms with E-state index < -0.39 is 0 Å². The summed E-state index contributed by atoms with van der Waals surface area (Å²) < 4.78 is 13.4. The fourth-order valence-electron chi connectivity index (χ4n) is 5.44. The van der Waals surface area contributed by atoms with Gasteiger partial charge >= 0.3 is 0 Å². The van der Waals surface area contributed by atoms with Crippen molar-refractivity contribution in [3.8, 4) is 0 Å². The van der Waals surface area contributed by atoms with Gasteiger partial charge in [0.25, 0.3) is 0 Å². The minimum absolute atomic E-state index is 0.0412. The average molecular weight is 460 g/mol. The Kier molecular flexibility index (Phi) is 6.24. The Hall–Kier alpha value is -3.38. The van der Waals surface area contributed by atoms with Gasteiger partial charge in [-0.1, -0.05) is 37.3 Å². The Balaban J connectivity index is 1.37. The van der Waals surface area contributed by atoms with Crippen molar-refractivity contribution in [2.24, 2.45) is 11.8 Å². The summed E-state index contributed by atoms with van der Waals surface area (Å²) in [6.07, 6.45) is 6.59. The lowest BCUT2D eigenvalue weighted by Crippen LogP contribution is -2.40. The number of hydrogen-bond acceptors (Lipinski definition) is 4. The molecule has 0 aromatic heterocycles. The molecule has 1 amide bonds. The van der Waals surface area contributed by atoms with E-state index in [-0.39, 0.29) is 30.2 Å². The van der Waals surface area contributed by atoms with Gasteiger partial charge in [-0.25, -0.2) is 4.39 Å². The molecule has 3 aliphatic rings. The van der Waals surface area contributed by atoms with Crippen LogP contribution in [0.25, 0.3) is 0 Å². The Labute approximate surface area is 199 Å². The van der Waals surface area contributed by atoms with E-state index in [2.05, 4.69) is 30.6 Å². The van der Waals surface area contributed by atoms with Crippen LogP contribution in [0.2, 0.25) is 0 Å². The van der Waals surface area contributed by atoms with Crippen LogP contribution in [0.4, 0.5) is 10.1 Å². The summed E-state index contributed by atoms with van der Waals surface area (Å²) in [7, 11) is 0. The molecule has 1 heterocycles. The summed E-state index contributed by atoms with van der Waals surface area (Å²) >= 11 is 0. The number of hydrogen-bond donors (Lipinski definition) is 2. The number of fused-ring (bicyclic) bond motifs is 1. The molecule has 2 aliphatic carbocycles. The van der Waals surface area contributed by atoms with Gasteiger partial charge in [0.05, 0.1) is 23.9 Å². The van der Waals surface area contributed by atoms with Gasteiger partial charge in [0.1, 0.15) is 5.82 Å². The van der Waals surface area contributed by atoms with Crippen molar-refractivity contribution in [2.75, 3.05) is 24.7 Å². The maximum atomic E-state index is 13.6. The van der Waals surface area contributed by atoms with Crippen LogP contribution >= 0.6 is 0 Å². The minimum atomic E-state index is -0.260. The highest BCUT2D eigenvalue weighted by Crippen LogP contribution is 2.48. The van der Waals surface area contributed by atoms with Crippen LogP contribution in [0.5, 0.6) is 0 Å². The number of carbonyl (C=O) groups excluding carboxylic acids is 1. The zero-order valence-electron chi connectivity index (χ0n) is 19.4. The lowest BCUT2D eigenvalue weighted by Gasteiger charge is -2.31. The number of amides is 1. The number of halogens is 1. The van der Waals surface area contributed by atoms with Gasteiger partial charge in [-0.05, 0) is 66.3 Å². The maximum absolute atomic E-state index is 13.6. The first kappa shape index (κ1) is 22.4. The number of nitrogens with zero attached hydrogens (tertiary/aromatic N) is 2. The first-order valence-corrected chi connectivity index (χ1v) is 12.0. The number of carbonyl (C=O) groups is 1. The number of aliphatic hydroxyl groups is 1. The molecule has 0 fully saturated rings. The van der Waals surface area contributed by atoms with E-state index in [1.54, 1.807) is 12.1 Å². The highest BCUT2D eigenvalue weighted by atomic mass is 19.1. The Morgan fingerprint density at radius 3 is 2.65 bits per heavy atom. The summed E-state index contributed by atoms with van der Waals surface area (Å²) in [4.78, 5) is 15.5. The summed E-state index contributed by atoms with van der Waals surface area (Å²) in [6, 6.07) is 16.6. The Morgan fingerprint density at radius 1 is 1.15 bits per heavy atom. The largest absolute Gasteiger partial charge is 0.395 e. The van der Waals surface area contributed by atoms with Crippen molar-refractivity contribution in [2.45, 2.75) is 26.2 Å². The molecule has 5 rings (SSSR count). The van der Waals surface area contributed by atoms with Crippen molar-refractivity contribution in [3.05, 3.63) is 101 Å². The van der Waals surface area contributed by atoms with Crippen LogP contribution < -0.4 is 10.4 Å². The SMILES string of the molecule is C[C@H]1C2=CNN(c3ccc(F)cc3)C2=CC2=C1[C@@H](C(=O)N(CCO)CCc1ccccc1)CC2. The second-order valence-electron chi connectivity index (χ2n) is 9.15. The van der Waals surface area contributed by atoms with E-state index >= 15 is 0 Å². The van der Waals surface area contributed by atoms with Gasteiger partial charge in [-0.3, -0.25) is 9.80 Å². The molecule has 5 nitrogen and oxygen atoms in total. The Morgan fingerprint density at radius 2 is 1.91 bits per heavy atom. The van der Waals surface area contributed by atoms with Crippen molar-refractivity contribution < 1.29 is 14.3 Å². The number of allylic oxidation sites excluding steroid dienone is 3. The molecular weight excluding hydrogens is 429 g/mol. The van der Waals surface area contributed by atoms with Gasteiger partial charge in [0, 0.05) is 30.8 Å². The minimum Gasteiger partial charge on any atom is -0.395 e. The van der Waals surface area contributed by atoms with Crippen LogP contribution in [-0.4, -0.2) is 35.6 Å². The van der Waals surface area contributed by atoms with Gasteiger partial charge in [0.2, 0.25) is 5.91 Å². The highest BCUT2D eigenvalue weighted by Gasteiger charge is 2.41. The molecule has 34 heavy (non-hydrogen) atoms. The monoisotopic (exact) mass is 459 g/mol. The molecular formula is C28H30FN3O2. The van der Waals surface area contributed by atoms with Crippen molar-refractivity contribution >= 4 is 11.6 Å². The van der Waals surface area contributed by atoms with Gasteiger partial charge < -0.3 is 15.4 Å². The summed E-state index contributed by atoms with van der Waals surface area (Å²) in [5.74, 6) is -0.204. The summed E-state index contributed by atoms with van der Waals surface area (Å²) in [5, 5.41) is 11.6. The number of rotatable bonds is 7. The number of anilines is 1. The quantitative estimate of drug-likeness (QED) is 0.647. The predicted octanol–water partition coefficient (Wildman–Crippen LogP) is 4.34. The van der Waals surface area contributed by atoms with Crippen molar-refractivity contribution in [3.63, 3.8) is 0 Å². The third kappa shape index (κ3) is 4.14. The molecule has 2 N–H and O–H groups in total. The van der Waals surface area contributed by atoms with Gasteiger partial charge in [-0.15, -0.1) is 0 Å². The molecule has 0 spiro atoms. The molecule has 2 atom stereocenters. The first-order valence-electron chi connectivity index (χ1n) is 12.0. The smallest absolute Gasteiger partial charge is 0.229 e. The molecule has 0 unspecified atom stereocenters. The van der Waals surface area contributed by atoms with Crippen LogP contribution in [0.3, 0.4) is 0 Å². The molecule has 0 radical (unpaired) electrons.